The van der Waals surface area contributed by atoms with E-state index in [1.807, 2.05) is 24.3 Å². The van der Waals surface area contributed by atoms with Crippen LogP contribution in [0.2, 0.25) is 0 Å². The number of ether oxygens (including phenoxy) is 9. The molecule has 3 amide bonds. The Morgan fingerprint density at radius 1 is 0.482 bits per heavy atom. The molecule has 14 heteroatoms. The van der Waals surface area contributed by atoms with Gasteiger partial charge in [-0.15, -0.1) is 0 Å². The summed E-state index contributed by atoms with van der Waals surface area (Å²) in [5.74, 6) is -0.519. The van der Waals surface area contributed by atoms with E-state index < -0.39 is 6.09 Å². The van der Waals surface area contributed by atoms with E-state index >= 15 is 0 Å². The Balaban J connectivity index is 0.700. The largest absolute Gasteiger partial charge is 0.449 e. The predicted molar refractivity (Wildman–Crippen MR) is 206 cm³/mol. The fourth-order valence-corrected chi connectivity index (χ4v) is 6.25. The molecule has 1 heterocycles. The summed E-state index contributed by atoms with van der Waals surface area (Å²) in [5, 5.41) is 2.80. The number of hydrogen-bond donors (Lipinski definition) is 1. The van der Waals surface area contributed by atoms with Crippen LogP contribution in [-0.2, 0) is 42.6 Å². The van der Waals surface area contributed by atoms with Gasteiger partial charge in [0.2, 0.25) is 0 Å². The Hall–Kier alpha value is -4.25. The van der Waals surface area contributed by atoms with Gasteiger partial charge in [0.25, 0.3) is 11.8 Å². The average Bonchev–Trinajstić information content (AvgIpc) is 3.67. The minimum Gasteiger partial charge on any atom is -0.449 e. The summed E-state index contributed by atoms with van der Waals surface area (Å²) in [5.41, 5.74) is 5.66. The van der Waals surface area contributed by atoms with E-state index in [-0.39, 0.29) is 30.9 Å². The highest BCUT2D eigenvalue weighted by Gasteiger charge is 2.34. The lowest BCUT2D eigenvalue weighted by Crippen LogP contribution is -2.33. The highest BCUT2D eigenvalue weighted by molar-refractivity contribution is 6.21. The molecule has 2 aliphatic rings. The first-order chi connectivity index (χ1) is 27.6. The van der Waals surface area contributed by atoms with E-state index in [2.05, 4.69) is 29.6 Å². The van der Waals surface area contributed by atoms with Crippen molar-refractivity contribution in [3.8, 4) is 11.1 Å². The van der Waals surface area contributed by atoms with Crippen molar-refractivity contribution in [2.75, 3.05) is 125 Å². The van der Waals surface area contributed by atoms with E-state index in [0.717, 1.165) is 0 Å². The summed E-state index contributed by atoms with van der Waals surface area (Å²) in [6.07, 6.45) is 0.254. The molecule has 5 rings (SSSR count). The zero-order chi connectivity index (χ0) is 39.0. The number of nitrogens with one attached hydrogen (secondary N) is 1. The third-order valence-corrected chi connectivity index (χ3v) is 9.02. The number of carbonyl (C=O) groups excluding carboxylic acids is 3. The molecule has 0 unspecified atom stereocenters. The topological polar surface area (TPSA) is 150 Å². The molecule has 0 spiro atoms. The molecule has 0 atom stereocenters. The van der Waals surface area contributed by atoms with E-state index in [0.29, 0.717) is 130 Å². The number of alkyl carbamates (subject to hydrolysis) is 1. The number of rotatable bonds is 30. The molecule has 0 saturated carbocycles. The zero-order valence-electron chi connectivity index (χ0n) is 32.0. The highest BCUT2D eigenvalue weighted by Crippen LogP contribution is 2.44. The second-order valence-electron chi connectivity index (χ2n) is 12.8. The van der Waals surface area contributed by atoms with Gasteiger partial charge in [-0.25, -0.2) is 4.79 Å². The van der Waals surface area contributed by atoms with Gasteiger partial charge < -0.3 is 47.9 Å². The van der Waals surface area contributed by atoms with Crippen LogP contribution >= 0.6 is 0 Å². The van der Waals surface area contributed by atoms with Crippen LogP contribution in [0, 0.1) is 0 Å². The molecule has 0 aromatic heterocycles. The van der Waals surface area contributed by atoms with Gasteiger partial charge in [0.15, 0.2) is 0 Å². The molecule has 1 N–H and O–H groups in total. The SMILES string of the molecule is O=C(NCCCOCCOCCOCCOCCOCCOCCOCCOCCN1C(=O)c2ccccc2C1=O)OCC1c2ccccc2-c2ccccc21. The Kier molecular flexibility index (Phi) is 19.2. The number of amides is 3. The predicted octanol–water partition coefficient (Wildman–Crippen LogP) is 4.34. The average molecular weight is 779 g/mol. The number of benzene rings is 3. The van der Waals surface area contributed by atoms with E-state index in [4.69, 9.17) is 42.6 Å². The molecule has 0 fully saturated rings. The summed E-state index contributed by atoms with van der Waals surface area (Å²) in [4.78, 5) is 38.1. The van der Waals surface area contributed by atoms with E-state index in [9.17, 15) is 14.4 Å². The number of hydrogen-bond acceptors (Lipinski definition) is 12. The normalized spacial score (nSPS) is 13.2. The minimum absolute atomic E-state index is 0.0432. The van der Waals surface area contributed by atoms with Crippen molar-refractivity contribution in [3.63, 3.8) is 0 Å². The van der Waals surface area contributed by atoms with Crippen molar-refractivity contribution >= 4 is 17.9 Å². The van der Waals surface area contributed by atoms with Crippen LogP contribution in [0.1, 0.15) is 44.2 Å². The molecular weight excluding hydrogens is 724 g/mol. The molecule has 0 saturated heterocycles. The molecule has 3 aromatic rings. The minimum atomic E-state index is -0.422. The van der Waals surface area contributed by atoms with Crippen LogP contribution in [0.4, 0.5) is 4.79 Å². The van der Waals surface area contributed by atoms with Crippen LogP contribution in [0.3, 0.4) is 0 Å². The van der Waals surface area contributed by atoms with Crippen molar-refractivity contribution in [2.45, 2.75) is 12.3 Å². The second-order valence-corrected chi connectivity index (χ2v) is 12.8. The van der Waals surface area contributed by atoms with Crippen LogP contribution in [0.15, 0.2) is 72.8 Å². The quantitative estimate of drug-likeness (QED) is 0.0758. The van der Waals surface area contributed by atoms with Gasteiger partial charge in [-0.3, -0.25) is 14.5 Å². The Labute approximate surface area is 328 Å². The molecular formula is C42H54N2O12. The highest BCUT2D eigenvalue weighted by atomic mass is 16.6. The number of carbonyl (C=O) groups is 3. The van der Waals surface area contributed by atoms with Crippen molar-refractivity contribution in [1.82, 2.24) is 10.2 Å². The van der Waals surface area contributed by atoms with Gasteiger partial charge in [0.05, 0.1) is 117 Å². The summed E-state index contributed by atoms with van der Waals surface area (Å²) in [6, 6.07) is 23.3. The van der Waals surface area contributed by atoms with Crippen LogP contribution in [0.5, 0.6) is 0 Å². The number of imide groups is 1. The van der Waals surface area contributed by atoms with Crippen molar-refractivity contribution < 1.29 is 57.0 Å². The van der Waals surface area contributed by atoms with E-state index in [1.165, 1.54) is 27.2 Å². The molecule has 3 aromatic carbocycles. The van der Waals surface area contributed by atoms with Gasteiger partial charge in [0.1, 0.15) is 6.61 Å². The fourth-order valence-electron chi connectivity index (χ4n) is 6.25. The maximum Gasteiger partial charge on any atom is 0.407 e. The van der Waals surface area contributed by atoms with Crippen molar-refractivity contribution in [1.29, 1.82) is 0 Å². The summed E-state index contributed by atoms with van der Waals surface area (Å²) < 4.78 is 49.6. The van der Waals surface area contributed by atoms with Gasteiger partial charge in [-0.2, -0.15) is 0 Å². The number of fused-ring (bicyclic) bond motifs is 4. The van der Waals surface area contributed by atoms with Crippen LogP contribution in [0.25, 0.3) is 11.1 Å². The van der Waals surface area contributed by atoms with Crippen molar-refractivity contribution in [3.05, 3.63) is 95.1 Å². The third-order valence-electron chi connectivity index (χ3n) is 9.02. The van der Waals surface area contributed by atoms with E-state index in [1.54, 1.807) is 24.3 Å². The first-order valence-corrected chi connectivity index (χ1v) is 19.3. The first-order valence-electron chi connectivity index (χ1n) is 19.3. The Bertz CT molecular complexity index is 1560. The molecule has 1 aliphatic carbocycles. The molecule has 0 bridgehead atoms. The van der Waals surface area contributed by atoms with Gasteiger partial charge in [-0.05, 0) is 40.8 Å². The Morgan fingerprint density at radius 2 is 0.839 bits per heavy atom. The zero-order valence-corrected chi connectivity index (χ0v) is 32.0. The van der Waals surface area contributed by atoms with Crippen LogP contribution in [-0.4, -0.2) is 148 Å². The molecule has 0 radical (unpaired) electrons. The lowest BCUT2D eigenvalue weighted by molar-refractivity contribution is -0.0233. The van der Waals surface area contributed by atoms with Crippen LogP contribution < -0.4 is 5.32 Å². The summed E-state index contributed by atoms with van der Waals surface area (Å²) in [6.45, 7) is 8.01. The maximum atomic E-state index is 12.3. The number of nitrogens with zero attached hydrogens (tertiary/aromatic N) is 1. The molecule has 14 nitrogen and oxygen atoms in total. The van der Waals surface area contributed by atoms with Gasteiger partial charge in [0, 0.05) is 19.1 Å². The standard InChI is InChI=1S/C42H54N2O12/c45-40-37-12-5-6-13-38(37)41(46)44(40)15-17-49-19-21-51-23-25-53-27-29-55-31-30-54-28-26-52-24-22-50-20-18-48-16-7-14-43-42(47)56-32-39-35-10-3-1-8-33(35)34-9-2-4-11-36(34)39/h1-6,8-13,39H,7,14-32H2,(H,43,47). The smallest absolute Gasteiger partial charge is 0.407 e. The maximum absolute atomic E-state index is 12.3. The third kappa shape index (κ3) is 13.7. The van der Waals surface area contributed by atoms with Crippen molar-refractivity contribution in [2.24, 2.45) is 0 Å². The molecule has 1 aliphatic heterocycles. The molecule has 304 valence electrons. The fraction of sp³-hybridized carbons (Fsp3) is 0.500. The second kappa shape index (κ2) is 25.1. The lowest BCUT2D eigenvalue weighted by atomic mass is 9.98. The monoisotopic (exact) mass is 778 g/mol. The summed E-state index contributed by atoms with van der Waals surface area (Å²) >= 11 is 0. The Morgan fingerprint density at radius 3 is 1.27 bits per heavy atom. The lowest BCUT2D eigenvalue weighted by Gasteiger charge is -2.14. The van der Waals surface area contributed by atoms with Gasteiger partial charge >= 0.3 is 6.09 Å². The summed E-state index contributed by atoms with van der Waals surface area (Å²) in [7, 11) is 0. The first kappa shape index (κ1) is 42.9. The molecule has 56 heavy (non-hydrogen) atoms. The van der Waals surface area contributed by atoms with Gasteiger partial charge in [-0.1, -0.05) is 60.7 Å².